The van der Waals surface area contributed by atoms with Crippen LogP contribution < -0.4 is 10.1 Å². The van der Waals surface area contributed by atoms with E-state index < -0.39 is 0 Å². The summed E-state index contributed by atoms with van der Waals surface area (Å²) in [5.74, 6) is 0.127. The van der Waals surface area contributed by atoms with E-state index in [0.29, 0.717) is 6.54 Å². The zero-order valence-electron chi connectivity index (χ0n) is 8.11. The van der Waals surface area contributed by atoms with Crippen LogP contribution in [-0.2, 0) is 4.79 Å². The van der Waals surface area contributed by atoms with Crippen molar-refractivity contribution in [3.05, 3.63) is 17.0 Å². The number of likely N-dealkylation sites (N-methyl/N-ethyl adjacent to an activating group) is 1. The van der Waals surface area contributed by atoms with Crippen LogP contribution in [0.15, 0.2) is 12.1 Å². The van der Waals surface area contributed by atoms with Crippen LogP contribution in [0.1, 0.15) is 11.0 Å². The zero-order valence-corrected chi connectivity index (χ0v) is 8.93. The Morgan fingerprint density at radius 3 is 2.93 bits per heavy atom. The molecule has 1 amide bonds. The molecule has 1 aromatic rings. The molecule has 1 saturated heterocycles. The van der Waals surface area contributed by atoms with Gasteiger partial charge < -0.3 is 9.64 Å². The molecule has 1 aliphatic heterocycles. The fourth-order valence-electron chi connectivity index (χ4n) is 1.47. The van der Waals surface area contributed by atoms with Gasteiger partial charge in [-0.15, -0.1) is 11.3 Å². The Balaban J connectivity index is 2.19. The van der Waals surface area contributed by atoms with E-state index >= 15 is 0 Å². The summed E-state index contributed by atoms with van der Waals surface area (Å²) in [6, 6.07) is 3.90. The van der Waals surface area contributed by atoms with E-state index in [0.717, 1.165) is 9.94 Å². The Bertz CT molecular complexity index is 350. The molecule has 1 atom stereocenters. The molecule has 14 heavy (non-hydrogen) atoms. The van der Waals surface area contributed by atoms with Gasteiger partial charge in [-0.2, -0.15) is 0 Å². The number of hydrogen-bond acceptors (Lipinski definition) is 4. The summed E-state index contributed by atoms with van der Waals surface area (Å²) in [6.07, 6.45) is 0.0106. The molecule has 2 rings (SSSR count). The lowest BCUT2D eigenvalue weighted by Crippen LogP contribution is -2.24. The lowest BCUT2D eigenvalue weighted by atomic mass is 10.4. The fraction of sp³-hybridized carbons (Fsp3) is 0.444. The summed E-state index contributed by atoms with van der Waals surface area (Å²) in [4.78, 5) is 14.1. The standard InChI is InChI=1S/C9H12N2O2S/c1-11-7(12)5-10-9(11)6-3-4-8(13-2)14-6/h3-4,9-10H,5H2,1-2H3. The fourth-order valence-corrected chi connectivity index (χ4v) is 2.41. The molecule has 5 heteroatoms. The number of carbonyl (C=O) groups is 1. The minimum Gasteiger partial charge on any atom is -0.487 e. The molecular formula is C9H12N2O2S. The predicted molar refractivity (Wildman–Crippen MR) is 54.4 cm³/mol. The van der Waals surface area contributed by atoms with Gasteiger partial charge in [-0.3, -0.25) is 10.1 Å². The number of rotatable bonds is 2. The average Bonchev–Trinajstić information content (AvgIpc) is 2.75. The third-order valence-electron chi connectivity index (χ3n) is 2.30. The monoisotopic (exact) mass is 212 g/mol. The van der Waals surface area contributed by atoms with Gasteiger partial charge in [0.1, 0.15) is 6.17 Å². The van der Waals surface area contributed by atoms with Crippen LogP contribution in [0.5, 0.6) is 5.06 Å². The highest BCUT2D eigenvalue weighted by Gasteiger charge is 2.29. The summed E-state index contributed by atoms with van der Waals surface area (Å²) in [5, 5.41) is 4.01. The Morgan fingerprint density at radius 1 is 1.64 bits per heavy atom. The second kappa shape index (κ2) is 3.59. The first-order chi connectivity index (χ1) is 6.72. The van der Waals surface area contributed by atoms with E-state index in [2.05, 4.69) is 5.32 Å². The highest BCUT2D eigenvalue weighted by Crippen LogP contribution is 2.31. The Hall–Kier alpha value is -1.07. The lowest BCUT2D eigenvalue weighted by molar-refractivity contribution is -0.126. The van der Waals surface area contributed by atoms with Crippen molar-refractivity contribution in [1.29, 1.82) is 0 Å². The molecule has 0 bridgehead atoms. The molecular weight excluding hydrogens is 200 g/mol. The van der Waals surface area contributed by atoms with Crippen molar-refractivity contribution in [3.63, 3.8) is 0 Å². The minimum atomic E-state index is 0.0106. The van der Waals surface area contributed by atoms with Crippen LogP contribution in [0.2, 0.25) is 0 Å². The van der Waals surface area contributed by atoms with Gasteiger partial charge in [-0.1, -0.05) is 0 Å². The lowest BCUT2D eigenvalue weighted by Gasteiger charge is -2.17. The molecule has 0 spiro atoms. The van der Waals surface area contributed by atoms with Gasteiger partial charge in [0.05, 0.1) is 13.7 Å². The normalized spacial score (nSPS) is 21.7. The summed E-state index contributed by atoms with van der Waals surface area (Å²) in [5.41, 5.74) is 0. The molecule has 4 nitrogen and oxygen atoms in total. The number of carbonyl (C=O) groups excluding carboxylic acids is 1. The number of methoxy groups -OCH3 is 1. The van der Waals surface area contributed by atoms with Crippen LogP contribution in [0, 0.1) is 0 Å². The van der Waals surface area contributed by atoms with Crippen molar-refractivity contribution in [2.45, 2.75) is 6.17 Å². The van der Waals surface area contributed by atoms with Crippen molar-refractivity contribution >= 4 is 17.2 Å². The first-order valence-corrected chi connectivity index (χ1v) is 5.17. The second-order valence-electron chi connectivity index (χ2n) is 3.15. The van der Waals surface area contributed by atoms with Crippen LogP contribution in [0.3, 0.4) is 0 Å². The number of nitrogens with one attached hydrogen (secondary N) is 1. The molecule has 1 N–H and O–H groups in total. The van der Waals surface area contributed by atoms with Crippen LogP contribution in [0.25, 0.3) is 0 Å². The smallest absolute Gasteiger partial charge is 0.237 e. The number of thiophene rings is 1. The minimum absolute atomic E-state index is 0.0106. The van der Waals surface area contributed by atoms with Crippen LogP contribution >= 0.6 is 11.3 Å². The molecule has 0 saturated carbocycles. The van der Waals surface area contributed by atoms with E-state index in [-0.39, 0.29) is 12.1 Å². The van der Waals surface area contributed by atoms with Crippen LogP contribution in [0.4, 0.5) is 0 Å². The van der Waals surface area contributed by atoms with Crippen molar-refractivity contribution in [1.82, 2.24) is 10.2 Å². The molecule has 0 radical (unpaired) electrons. The molecule has 2 heterocycles. The quantitative estimate of drug-likeness (QED) is 0.789. The summed E-state index contributed by atoms with van der Waals surface area (Å²) in [6.45, 7) is 0.418. The molecule has 1 unspecified atom stereocenters. The maximum absolute atomic E-state index is 11.3. The van der Waals surface area contributed by atoms with Gasteiger partial charge in [-0.25, -0.2) is 0 Å². The van der Waals surface area contributed by atoms with E-state index in [4.69, 9.17) is 4.74 Å². The SMILES string of the molecule is COc1ccc(C2NCC(=O)N2C)s1. The largest absolute Gasteiger partial charge is 0.487 e. The average molecular weight is 212 g/mol. The first-order valence-electron chi connectivity index (χ1n) is 4.35. The molecule has 1 aliphatic rings. The Kier molecular flexibility index (Phi) is 2.43. The van der Waals surface area contributed by atoms with Gasteiger partial charge in [0, 0.05) is 11.9 Å². The Morgan fingerprint density at radius 2 is 2.43 bits per heavy atom. The van der Waals surface area contributed by atoms with E-state index in [1.807, 2.05) is 12.1 Å². The number of amides is 1. The predicted octanol–water partition coefficient (Wildman–Crippen LogP) is 0.817. The summed E-state index contributed by atoms with van der Waals surface area (Å²) in [7, 11) is 3.45. The number of nitrogens with zero attached hydrogens (tertiary/aromatic N) is 1. The first kappa shape index (κ1) is 9.48. The Labute approximate surface area is 86.5 Å². The summed E-state index contributed by atoms with van der Waals surface area (Å²) < 4.78 is 5.10. The van der Waals surface area contributed by atoms with Gasteiger partial charge in [0.2, 0.25) is 5.91 Å². The van der Waals surface area contributed by atoms with Gasteiger partial charge in [0.15, 0.2) is 5.06 Å². The number of ether oxygens (including phenoxy) is 1. The van der Waals surface area contributed by atoms with Gasteiger partial charge >= 0.3 is 0 Å². The zero-order chi connectivity index (χ0) is 10.1. The maximum atomic E-state index is 11.3. The molecule has 76 valence electrons. The van der Waals surface area contributed by atoms with E-state index in [1.165, 1.54) is 0 Å². The van der Waals surface area contributed by atoms with Crippen molar-refractivity contribution < 1.29 is 9.53 Å². The molecule has 0 aliphatic carbocycles. The van der Waals surface area contributed by atoms with Crippen molar-refractivity contribution in [2.24, 2.45) is 0 Å². The summed E-state index contributed by atoms with van der Waals surface area (Å²) >= 11 is 1.56. The third kappa shape index (κ3) is 1.49. The van der Waals surface area contributed by atoms with E-state index in [9.17, 15) is 4.79 Å². The maximum Gasteiger partial charge on any atom is 0.237 e. The molecule has 1 aromatic heterocycles. The third-order valence-corrected chi connectivity index (χ3v) is 3.40. The molecule has 0 aromatic carbocycles. The second-order valence-corrected chi connectivity index (χ2v) is 4.23. The van der Waals surface area contributed by atoms with Crippen LogP contribution in [-0.4, -0.2) is 31.5 Å². The number of hydrogen-bond donors (Lipinski definition) is 1. The van der Waals surface area contributed by atoms with Gasteiger partial charge in [-0.05, 0) is 12.1 Å². The van der Waals surface area contributed by atoms with E-state index in [1.54, 1.807) is 30.4 Å². The highest BCUT2D eigenvalue weighted by atomic mass is 32.1. The van der Waals surface area contributed by atoms with Gasteiger partial charge in [0.25, 0.3) is 0 Å². The van der Waals surface area contributed by atoms with Crippen molar-refractivity contribution in [2.75, 3.05) is 20.7 Å². The highest BCUT2D eigenvalue weighted by molar-refractivity contribution is 7.13. The molecule has 1 fully saturated rings. The topological polar surface area (TPSA) is 41.6 Å². The van der Waals surface area contributed by atoms with Crippen molar-refractivity contribution in [3.8, 4) is 5.06 Å².